The number of nitrogens with two attached hydrogens (primary N) is 1. The Kier molecular flexibility index (Phi) is 2.68. The Morgan fingerprint density at radius 3 is 3.00 bits per heavy atom. The molecule has 0 atom stereocenters. The fraction of sp³-hybridized carbons (Fsp3) is 0.0833. The van der Waals surface area contributed by atoms with Crippen molar-refractivity contribution in [2.75, 3.05) is 11.1 Å². The molecule has 1 amide bonds. The third-order valence-corrected chi connectivity index (χ3v) is 3.64. The molecule has 4 N–H and O–H groups in total. The van der Waals surface area contributed by atoms with E-state index < -0.39 is 0 Å². The van der Waals surface area contributed by atoms with Crippen molar-refractivity contribution >= 4 is 39.0 Å². The maximum atomic E-state index is 12.1. The molecule has 0 aliphatic carbocycles. The summed E-state index contributed by atoms with van der Waals surface area (Å²) in [4.78, 5) is 16.5. The number of thiazole rings is 1. The number of H-pyrrole nitrogens is 1. The monoisotopic (exact) mass is 273 g/mol. The maximum absolute atomic E-state index is 12.1. The van der Waals surface area contributed by atoms with Crippen molar-refractivity contribution in [2.45, 2.75) is 6.92 Å². The number of benzene rings is 1. The van der Waals surface area contributed by atoms with Crippen molar-refractivity contribution < 1.29 is 4.79 Å². The summed E-state index contributed by atoms with van der Waals surface area (Å²) in [6.07, 6.45) is 3.17. The number of carbonyl (C=O) groups excluding carboxylic acids is 1. The number of anilines is 2. The van der Waals surface area contributed by atoms with Crippen LogP contribution in [-0.2, 0) is 0 Å². The molecule has 19 heavy (non-hydrogen) atoms. The molecule has 2 heterocycles. The van der Waals surface area contributed by atoms with Crippen LogP contribution in [0.25, 0.3) is 10.9 Å². The first-order valence-corrected chi connectivity index (χ1v) is 6.42. The van der Waals surface area contributed by atoms with E-state index in [2.05, 4.69) is 20.5 Å². The van der Waals surface area contributed by atoms with E-state index in [1.54, 1.807) is 6.20 Å². The van der Waals surface area contributed by atoms with E-state index in [4.69, 9.17) is 5.73 Å². The average Bonchev–Trinajstić information content (AvgIpc) is 3.01. The molecule has 0 spiro atoms. The Morgan fingerprint density at radius 2 is 2.26 bits per heavy atom. The minimum absolute atomic E-state index is 0.217. The van der Waals surface area contributed by atoms with Gasteiger partial charge in [-0.25, -0.2) is 4.98 Å². The molecule has 7 heteroatoms. The molecular formula is C12H11N5OS. The lowest BCUT2D eigenvalue weighted by atomic mass is 10.1. The number of rotatable bonds is 2. The summed E-state index contributed by atoms with van der Waals surface area (Å²) >= 11 is 1.16. The normalized spacial score (nSPS) is 10.8. The van der Waals surface area contributed by atoms with Crippen LogP contribution in [0.3, 0.4) is 0 Å². The topological polar surface area (TPSA) is 96.7 Å². The first kappa shape index (κ1) is 11.7. The van der Waals surface area contributed by atoms with Gasteiger partial charge in [0, 0.05) is 5.39 Å². The first-order valence-electron chi connectivity index (χ1n) is 5.60. The number of nitrogens with zero attached hydrogens (tertiary/aromatic N) is 2. The molecule has 2 aromatic heterocycles. The van der Waals surface area contributed by atoms with Crippen LogP contribution in [0.4, 0.5) is 10.8 Å². The van der Waals surface area contributed by atoms with Gasteiger partial charge >= 0.3 is 0 Å². The number of nitrogen functional groups attached to an aromatic ring is 1. The van der Waals surface area contributed by atoms with Gasteiger partial charge in [0.25, 0.3) is 5.91 Å². The van der Waals surface area contributed by atoms with E-state index in [1.165, 1.54) is 6.20 Å². The number of aromatic nitrogens is 3. The van der Waals surface area contributed by atoms with Crippen LogP contribution in [-0.4, -0.2) is 21.1 Å². The van der Waals surface area contributed by atoms with Gasteiger partial charge in [-0.05, 0) is 18.6 Å². The van der Waals surface area contributed by atoms with E-state index in [9.17, 15) is 4.79 Å². The van der Waals surface area contributed by atoms with Crippen molar-refractivity contribution in [3.8, 4) is 0 Å². The van der Waals surface area contributed by atoms with Gasteiger partial charge in [-0.3, -0.25) is 9.89 Å². The third kappa shape index (κ3) is 2.04. The summed E-state index contributed by atoms with van der Waals surface area (Å²) in [6.45, 7) is 1.93. The molecule has 0 saturated heterocycles. The van der Waals surface area contributed by atoms with Crippen LogP contribution in [0, 0.1) is 6.92 Å². The van der Waals surface area contributed by atoms with Crippen LogP contribution in [0.2, 0.25) is 0 Å². The molecule has 0 bridgehead atoms. The lowest BCUT2D eigenvalue weighted by Crippen LogP contribution is -2.11. The number of nitrogens with one attached hydrogen (secondary N) is 2. The van der Waals surface area contributed by atoms with Gasteiger partial charge in [-0.2, -0.15) is 5.10 Å². The fourth-order valence-electron chi connectivity index (χ4n) is 1.86. The SMILES string of the molecule is Cc1ccc2[nH]ncc2c1NC(=O)c1cnc(N)s1. The molecule has 0 fully saturated rings. The predicted octanol–water partition coefficient (Wildman–Crippen LogP) is 2.16. The van der Waals surface area contributed by atoms with E-state index >= 15 is 0 Å². The van der Waals surface area contributed by atoms with Gasteiger partial charge in [-0.1, -0.05) is 17.4 Å². The van der Waals surface area contributed by atoms with Crippen LogP contribution < -0.4 is 11.1 Å². The highest BCUT2D eigenvalue weighted by atomic mass is 32.1. The van der Waals surface area contributed by atoms with Crippen molar-refractivity contribution in [3.63, 3.8) is 0 Å². The Bertz CT molecular complexity index is 760. The molecule has 0 aliphatic rings. The van der Waals surface area contributed by atoms with Crippen LogP contribution in [0.1, 0.15) is 15.2 Å². The fourth-order valence-corrected chi connectivity index (χ4v) is 2.44. The summed E-state index contributed by atoms with van der Waals surface area (Å²) in [5.41, 5.74) is 8.13. The zero-order chi connectivity index (χ0) is 13.4. The second kappa shape index (κ2) is 4.36. The van der Waals surface area contributed by atoms with Crippen molar-refractivity contribution in [1.29, 1.82) is 0 Å². The second-order valence-corrected chi connectivity index (χ2v) is 5.17. The molecule has 96 valence electrons. The van der Waals surface area contributed by atoms with Gasteiger partial charge in [0.05, 0.1) is 23.6 Å². The lowest BCUT2D eigenvalue weighted by molar-refractivity contribution is 0.103. The Hall–Kier alpha value is -2.41. The number of aromatic amines is 1. The van der Waals surface area contributed by atoms with Gasteiger partial charge in [0.2, 0.25) is 0 Å². The number of amides is 1. The zero-order valence-electron chi connectivity index (χ0n) is 10.1. The maximum Gasteiger partial charge on any atom is 0.267 e. The van der Waals surface area contributed by atoms with Crippen molar-refractivity contribution in [2.24, 2.45) is 0 Å². The summed E-state index contributed by atoms with van der Waals surface area (Å²) in [6, 6.07) is 3.86. The molecule has 0 aliphatic heterocycles. The zero-order valence-corrected chi connectivity index (χ0v) is 10.9. The Balaban J connectivity index is 1.99. The summed E-state index contributed by atoms with van der Waals surface area (Å²) in [7, 11) is 0. The van der Waals surface area contributed by atoms with Crippen LogP contribution >= 0.6 is 11.3 Å². The Morgan fingerprint density at radius 1 is 1.42 bits per heavy atom. The van der Waals surface area contributed by atoms with Gasteiger partial charge in [0.15, 0.2) is 5.13 Å². The second-order valence-electron chi connectivity index (χ2n) is 4.11. The molecule has 6 nitrogen and oxygen atoms in total. The van der Waals surface area contributed by atoms with Gasteiger partial charge in [-0.15, -0.1) is 0 Å². The van der Waals surface area contributed by atoms with E-state index in [-0.39, 0.29) is 5.91 Å². The largest absolute Gasteiger partial charge is 0.375 e. The van der Waals surface area contributed by atoms with Crippen molar-refractivity contribution in [1.82, 2.24) is 15.2 Å². The first-order chi connectivity index (χ1) is 9.15. The number of carbonyl (C=O) groups is 1. The quantitative estimate of drug-likeness (QED) is 0.666. The minimum atomic E-state index is -0.217. The number of hydrogen-bond acceptors (Lipinski definition) is 5. The summed E-state index contributed by atoms with van der Waals surface area (Å²) in [5, 5.41) is 11.0. The molecule has 0 saturated carbocycles. The minimum Gasteiger partial charge on any atom is -0.375 e. The number of fused-ring (bicyclic) bond motifs is 1. The molecule has 0 unspecified atom stereocenters. The smallest absolute Gasteiger partial charge is 0.267 e. The molecule has 1 aromatic carbocycles. The highest BCUT2D eigenvalue weighted by molar-refractivity contribution is 7.17. The Labute approximate surface area is 112 Å². The average molecular weight is 273 g/mol. The number of aryl methyl sites for hydroxylation is 1. The summed E-state index contributed by atoms with van der Waals surface area (Å²) in [5.74, 6) is -0.217. The molecular weight excluding hydrogens is 262 g/mol. The molecule has 3 rings (SSSR count). The van der Waals surface area contributed by atoms with Gasteiger partial charge < -0.3 is 11.1 Å². The highest BCUT2D eigenvalue weighted by Crippen LogP contribution is 2.26. The van der Waals surface area contributed by atoms with Gasteiger partial charge in [0.1, 0.15) is 4.88 Å². The number of hydrogen-bond donors (Lipinski definition) is 3. The van der Waals surface area contributed by atoms with Crippen LogP contribution in [0.15, 0.2) is 24.5 Å². The van der Waals surface area contributed by atoms with Crippen molar-refractivity contribution in [3.05, 3.63) is 35.0 Å². The molecule has 3 aromatic rings. The third-order valence-electron chi connectivity index (χ3n) is 2.82. The highest BCUT2D eigenvalue weighted by Gasteiger charge is 2.13. The summed E-state index contributed by atoms with van der Waals surface area (Å²) < 4.78 is 0. The lowest BCUT2D eigenvalue weighted by Gasteiger charge is -2.08. The predicted molar refractivity (Wildman–Crippen MR) is 75.3 cm³/mol. The van der Waals surface area contributed by atoms with Crippen LogP contribution in [0.5, 0.6) is 0 Å². The van der Waals surface area contributed by atoms with E-state index in [0.29, 0.717) is 10.0 Å². The van der Waals surface area contributed by atoms with E-state index in [0.717, 1.165) is 33.5 Å². The van der Waals surface area contributed by atoms with E-state index in [1.807, 2.05) is 19.1 Å². The molecule has 0 radical (unpaired) electrons. The standard InChI is InChI=1S/C12H11N5OS/c1-6-2-3-8-7(4-15-17-8)10(6)16-11(18)9-5-14-12(13)19-9/h2-5H,1H3,(H2,13,14)(H,15,17)(H,16,18).